The summed E-state index contributed by atoms with van der Waals surface area (Å²) in [6, 6.07) is 6.43. The number of aromatic nitrogens is 2. The lowest BCUT2D eigenvalue weighted by atomic mass is 9.95. The van der Waals surface area contributed by atoms with Crippen molar-refractivity contribution >= 4 is 16.5 Å². The maximum absolute atomic E-state index is 12.9. The molecule has 1 aliphatic rings. The van der Waals surface area contributed by atoms with E-state index in [1.165, 1.54) is 36.3 Å². The zero-order chi connectivity index (χ0) is 16.1. The standard InChI is InChI=1S/C17H22FN3OS/c18-14-7-5-13(6-8-14)11-15-20-21-16(23-15)19-12-17(22)9-3-1-2-4-10-17/h5-8,22H,1-4,9-12H2,(H,19,21). The van der Waals surface area contributed by atoms with Gasteiger partial charge in [0.1, 0.15) is 10.8 Å². The summed E-state index contributed by atoms with van der Waals surface area (Å²) in [6.07, 6.45) is 6.94. The number of nitrogens with zero attached hydrogens (tertiary/aromatic N) is 2. The van der Waals surface area contributed by atoms with Crippen LogP contribution < -0.4 is 5.32 Å². The Morgan fingerprint density at radius 2 is 1.78 bits per heavy atom. The molecule has 0 atom stereocenters. The van der Waals surface area contributed by atoms with Crippen molar-refractivity contribution in [2.75, 3.05) is 11.9 Å². The van der Waals surface area contributed by atoms with E-state index in [-0.39, 0.29) is 5.82 Å². The van der Waals surface area contributed by atoms with Gasteiger partial charge < -0.3 is 10.4 Å². The van der Waals surface area contributed by atoms with Gasteiger partial charge in [0, 0.05) is 13.0 Å². The molecule has 3 rings (SSSR count). The summed E-state index contributed by atoms with van der Waals surface area (Å²) in [4.78, 5) is 0. The lowest BCUT2D eigenvalue weighted by Crippen LogP contribution is -2.36. The molecule has 0 unspecified atom stereocenters. The summed E-state index contributed by atoms with van der Waals surface area (Å²) < 4.78 is 12.9. The molecule has 1 heterocycles. The van der Waals surface area contributed by atoms with Gasteiger partial charge in [-0.05, 0) is 30.5 Å². The van der Waals surface area contributed by atoms with Crippen molar-refractivity contribution in [2.24, 2.45) is 0 Å². The van der Waals surface area contributed by atoms with Crippen molar-refractivity contribution in [1.82, 2.24) is 10.2 Å². The molecule has 1 fully saturated rings. The Hall–Kier alpha value is -1.53. The molecule has 23 heavy (non-hydrogen) atoms. The third-order valence-corrected chi connectivity index (χ3v) is 5.22. The Bertz CT molecular complexity index is 621. The van der Waals surface area contributed by atoms with Gasteiger partial charge in [0.25, 0.3) is 0 Å². The van der Waals surface area contributed by atoms with Gasteiger partial charge >= 0.3 is 0 Å². The summed E-state index contributed by atoms with van der Waals surface area (Å²) in [7, 11) is 0. The van der Waals surface area contributed by atoms with Gasteiger partial charge in [0.05, 0.1) is 5.60 Å². The highest BCUT2D eigenvalue weighted by Gasteiger charge is 2.28. The molecule has 1 aromatic heterocycles. The van der Waals surface area contributed by atoms with Crippen molar-refractivity contribution in [3.05, 3.63) is 40.7 Å². The smallest absolute Gasteiger partial charge is 0.205 e. The van der Waals surface area contributed by atoms with Crippen LogP contribution in [0.4, 0.5) is 9.52 Å². The molecule has 2 aromatic rings. The van der Waals surface area contributed by atoms with E-state index >= 15 is 0 Å². The number of halogens is 1. The largest absolute Gasteiger partial charge is 0.388 e. The van der Waals surface area contributed by atoms with E-state index in [1.54, 1.807) is 12.1 Å². The molecular weight excluding hydrogens is 313 g/mol. The Balaban J connectivity index is 1.55. The van der Waals surface area contributed by atoms with E-state index in [2.05, 4.69) is 15.5 Å². The second-order valence-electron chi connectivity index (χ2n) is 6.30. The quantitative estimate of drug-likeness (QED) is 0.817. The highest BCUT2D eigenvalue weighted by atomic mass is 32.1. The molecule has 0 aliphatic heterocycles. The highest BCUT2D eigenvalue weighted by Crippen LogP contribution is 2.28. The first-order chi connectivity index (χ1) is 11.1. The molecule has 6 heteroatoms. The van der Waals surface area contributed by atoms with Gasteiger partial charge in [-0.25, -0.2) is 4.39 Å². The van der Waals surface area contributed by atoms with E-state index < -0.39 is 5.60 Å². The van der Waals surface area contributed by atoms with Crippen LogP contribution in [0.25, 0.3) is 0 Å². The molecule has 0 bridgehead atoms. The second-order valence-corrected chi connectivity index (χ2v) is 7.36. The number of nitrogens with one attached hydrogen (secondary N) is 1. The van der Waals surface area contributed by atoms with Crippen LogP contribution in [0.5, 0.6) is 0 Å². The van der Waals surface area contributed by atoms with Crippen LogP contribution in [0.2, 0.25) is 0 Å². The molecule has 1 saturated carbocycles. The van der Waals surface area contributed by atoms with Crippen molar-refractivity contribution < 1.29 is 9.50 Å². The van der Waals surface area contributed by atoms with Gasteiger partial charge in [-0.2, -0.15) is 0 Å². The summed E-state index contributed by atoms with van der Waals surface area (Å²) in [5, 5.41) is 23.8. The fourth-order valence-electron chi connectivity index (χ4n) is 2.98. The summed E-state index contributed by atoms with van der Waals surface area (Å²) in [5.41, 5.74) is 0.385. The van der Waals surface area contributed by atoms with E-state index in [1.807, 2.05) is 0 Å². The molecule has 124 valence electrons. The normalized spacial score (nSPS) is 17.7. The zero-order valence-electron chi connectivity index (χ0n) is 13.1. The molecule has 0 amide bonds. The number of hydrogen-bond acceptors (Lipinski definition) is 5. The van der Waals surface area contributed by atoms with Crippen LogP contribution in [-0.2, 0) is 6.42 Å². The minimum Gasteiger partial charge on any atom is -0.388 e. The number of rotatable bonds is 5. The molecule has 0 radical (unpaired) electrons. The van der Waals surface area contributed by atoms with Crippen molar-refractivity contribution in [3.63, 3.8) is 0 Å². The summed E-state index contributed by atoms with van der Waals surface area (Å²) >= 11 is 1.49. The Kier molecular flexibility index (Phi) is 5.23. The van der Waals surface area contributed by atoms with Crippen LogP contribution in [0.3, 0.4) is 0 Å². The monoisotopic (exact) mass is 335 g/mol. The lowest BCUT2D eigenvalue weighted by Gasteiger charge is -2.26. The van der Waals surface area contributed by atoms with Crippen molar-refractivity contribution in [3.8, 4) is 0 Å². The number of benzene rings is 1. The molecular formula is C17H22FN3OS. The molecule has 1 aliphatic carbocycles. The van der Waals surface area contributed by atoms with Gasteiger partial charge in [-0.3, -0.25) is 0 Å². The van der Waals surface area contributed by atoms with Crippen LogP contribution >= 0.6 is 11.3 Å². The maximum Gasteiger partial charge on any atom is 0.205 e. The van der Waals surface area contributed by atoms with E-state index in [4.69, 9.17) is 0 Å². The minimum atomic E-state index is -0.626. The predicted molar refractivity (Wildman–Crippen MR) is 90.3 cm³/mol. The van der Waals surface area contributed by atoms with E-state index in [9.17, 15) is 9.50 Å². The average Bonchev–Trinajstić information content (AvgIpc) is 2.87. The van der Waals surface area contributed by atoms with Crippen LogP contribution in [0.1, 0.15) is 49.1 Å². The van der Waals surface area contributed by atoms with Crippen LogP contribution in [0.15, 0.2) is 24.3 Å². The molecule has 4 nitrogen and oxygen atoms in total. The maximum atomic E-state index is 12.9. The van der Waals surface area contributed by atoms with Gasteiger partial charge in [0.15, 0.2) is 0 Å². The Labute approximate surface area is 139 Å². The third kappa shape index (κ3) is 4.72. The average molecular weight is 335 g/mol. The molecule has 1 aromatic carbocycles. The van der Waals surface area contributed by atoms with Crippen molar-refractivity contribution in [1.29, 1.82) is 0 Å². The predicted octanol–water partition coefficient (Wildman–Crippen LogP) is 3.77. The SMILES string of the molecule is OC1(CNc2nnc(Cc3ccc(F)cc3)s2)CCCCCC1. The third-order valence-electron chi connectivity index (χ3n) is 4.34. The number of anilines is 1. The molecule has 0 spiro atoms. The first-order valence-corrected chi connectivity index (χ1v) is 8.98. The van der Waals surface area contributed by atoms with E-state index in [0.717, 1.165) is 41.4 Å². The van der Waals surface area contributed by atoms with E-state index in [0.29, 0.717) is 13.0 Å². The Morgan fingerprint density at radius 1 is 1.09 bits per heavy atom. The first kappa shape index (κ1) is 16.3. The lowest BCUT2D eigenvalue weighted by molar-refractivity contribution is 0.0381. The summed E-state index contributed by atoms with van der Waals surface area (Å²) in [6.45, 7) is 0.526. The fraction of sp³-hybridized carbons (Fsp3) is 0.529. The van der Waals surface area contributed by atoms with Gasteiger partial charge in [-0.1, -0.05) is 49.2 Å². The number of hydrogen-bond donors (Lipinski definition) is 2. The van der Waals surface area contributed by atoms with Crippen LogP contribution in [-0.4, -0.2) is 27.4 Å². The highest BCUT2D eigenvalue weighted by molar-refractivity contribution is 7.15. The fourth-order valence-corrected chi connectivity index (χ4v) is 3.75. The minimum absolute atomic E-state index is 0.231. The Morgan fingerprint density at radius 3 is 2.48 bits per heavy atom. The zero-order valence-corrected chi connectivity index (χ0v) is 13.9. The number of aliphatic hydroxyl groups is 1. The van der Waals surface area contributed by atoms with Crippen molar-refractivity contribution in [2.45, 2.75) is 50.5 Å². The molecule has 2 N–H and O–H groups in total. The topological polar surface area (TPSA) is 58.0 Å². The van der Waals surface area contributed by atoms with Gasteiger partial charge in [0.2, 0.25) is 5.13 Å². The van der Waals surface area contributed by atoms with Gasteiger partial charge in [-0.15, -0.1) is 10.2 Å². The first-order valence-electron chi connectivity index (χ1n) is 8.16. The summed E-state index contributed by atoms with van der Waals surface area (Å²) in [5.74, 6) is -0.231. The molecule has 0 saturated heterocycles. The van der Waals surface area contributed by atoms with Crippen LogP contribution in [0, 0.1) is 5.82 Å². The second kappa shape index (κ2) is 7.36.